The van der Waals surface area contributed by atoms with Gasteiger partial charge < -0.3 is 14.0 Å². The monoisotopic (exact) mass is 473 g/mol. The first-order chi connectivity index (χ1) is 16.4. The van der Waals surface area contributed by atoms with Crippen molar-refractivity contribution >= 4 is 33.9 Å². The topological polar surface area (TPSA) is 82.5 Å². The van der Waals surface area contributed by atoms with E-state index in [1.807, 2.05) is 84.4 Å². The molecular weight excluding hydrogens is 450 g/mol. The molecule has 1 saturated heterocycles. The molecule has 1 atom stereocenters. The van der Waals surface area contributed by atoms with Crippen LogP contribution in [-0.2, 0) is 24.9 Å². The van der Waals surface area contributed by atoms with Crippen LogP contribution in [0.15, 0.2) is 72.8 Å². The van der Waals surface area contributed by atoms with Gasteiger partial charge in [0.15, 0.2) is 0 Å². The first-order valence-corrected chi connectivity index (χ1v) is 11.7. The number of carbonyl (C=O) groups is 2. The molecule has 0 spiro atoms. The molecule has 7 nitrogen and oxygen atoms in total. The number of aromatic nitrogens is 2. The number of imidazole rings is 1. The van der Waals surface area contributed by atoms with Crippen molar-refractivity contribution in [1.29, 1.82) is 0 Å². The summed E-state index contributed by atoms with van der Waals surface area (Å²) < 4.78 is 13.1. The molecule has 0 saturated carbocycles. The molecule has 2 amide bonds. The van der Waals surface area contributed by atoms with Gasteiger partial charge in [-0.2, -0.15) is 0 Å². The molecule has 0 aliphatic carbocycles. The van der Waals surface area contributed by atoms with Crippen LogP contribution in [0, 0.1) is 0 Å². The number of nitrogens with zero attached hydrogens (tertiary/aromatic N) is 2. The number of ether oxygens (including phenoxy) is 2. The molecule has 0 unspecified atom stereocenters. The number of carbonyl (C=O) groups excluding carboxylic acids is 2. The van der Waals surface area contributed by atoms with Gasteiger partial charge in [0.1, 0.15) is 34.4 Å². The summed E-state index contributed by atoms with van der Waals surface area (Å²) in [6, 6.07) is 23.0. The Morgan fingerprint density at radius 2 is 1.71 bits per heavy atom. The van der Waals surface area contributed by atoms with Crippen LogP contribution in [0.25, 0.3) is 11.0 Å². The number of nitrogens with one attached hydrogen (secondary N) is 1. The van der Waals surface area contributed by atoms with Crippen molar-refractivity contribution in [3.63, 3.8) is 0 Å². The van der Waals surface area contributed by atoms with Gasteiger partial charge >= 0.3 is 0 Å². The van der Waals surface area contributed by atoms with Crippen LogP contribution >= 0.6 is 11.8 Å². The van der Waals surface area contributed by atoms with Gasteiger partial charge in [-0.3, -0.25) is 14.9 Å². The number of benzene rings is 3. The van der Waals surface area contributed by atoms with Gasteiger partial charge in [-0.25, -0.2) is 4.98 Å². The Labute approximate surface area is 201 Å². The van der Waals surface area contributed by atoms with E-state index in [4.69, 9.17) is 9.47 Å². The summed E-state index contributed by atoms with van der Waals surface area (Å²) in [6.07, 6.45) is 0.466. The molecule has 1 aliphatic rings. The molecule has 1 fully saturated rings. The zero-order valence-electron chi connectivity index (χ0n) is 18.8. The molecule has 34 heavy (non-hydrogen) atoms. The number of hydrogen-bond donors (Lipinski definition) is 1. The number of imide groups is 1. The van der Waals surface area contributed by atoms with E-state index in [1.165, 1.54) is 0 Å². The van der Waals surface area contributed by atoms with Crippen LogP contribution in [0.5, 0.6) is 17.2 Å². The van der Waals surface area contributed by atoms with Crippen molar-refractivity contribution < 1.29 is 19.1 Å². The van der Waals surface area contributed by atoms with E-state index >= 15 is 0 Å². The zero-order chi connectivity index (χ0) is 23.7. The van der Waals surface area contributed by atoms with Crippen LogP contribution in [-0.4, -0.2) is 25.4 Å². The van der Waals surface area contributed by atoms with Crippen LogP contribution in [0.1, 0.15) is 18.3 Å². The fourth-order valence-corrected chi connectivity index (χ4v) is 4.83. The Morgan fingerprint density at radius 1 is 0.971 bits per heavy atom. The van der Waals surface area contributed by atoms with Crippen LogP contribution in [0.4, 0.5) is 4.79 Å². The number of amides is 2. The number of hydrogen-bond acceptors (Lipinski definition) is 6. The van der Waals surface area contributed by atoms with Gasteiger partial charge in [0.05, 0.1) is 11.0 Å². The molecule has 4 aromatic rings. The maximum absolute atomic E-state index is 12.1. The second-order valence-corrected chi connectivity index (χ2v) is 9.81. The van der Waals surface area contributed by atoms with Crippen molar-refractivity contribution in [1.82, 2.24) is 14.9 Å². The molecule has 1 aliphatic heterocycles. The van der Waals surface area contributed by atoms with Gasteiger partial charge in [-0.05, 0) is 67.1 Å². The van der Waals surface area contributed by atoms with E-state index in [0.717, 1.165) is 45.7 Å². The van der Waals surface area contributed by atoms with Crippen LogP contribution < -0.4 is 14.8 Å². The maximum Gasteiger partial charge on any atom is 0.286 e. The molecular formula is C26H23N3O4S. The third kappa shape index (κ3) is 4.49. The van der Waals surface area contributed by atoms with Crippen molar-refractivity contribution in [3.05, 3.63) is 84.2 Å². The fourth-order valence-electron chi connectivity index (χ4n) is 3.90. The van der Waals surface area contributed by atoms with Gasteiger partial charge in [-0.15, -0.1) is 0 Å². The highest BCUT2D eigenvalue weighted by Crippen LogP contribution is 2.35. The van der Waals surface area contributed by atoms with Gasteiger partial charge in [0, 0.05) is 13.1 Å². The lowest BCUT2D eigenvalue weighted by molar-refractivity contribution is -0.121. The normalized spacial score (nSPS) is 17.7. The lowest BCUT2D eigenvalue weighted by atomic mass is 9.99. The smallest absolute Gasteiger partial charge is 0.286 e. The number of aryl methyl sites for hydroxylation is 1. The number of fused-ring (bicyclic) bond motifs is 1. The van der Waals surface area contributed by atoms with E-state index in [9.17, 15) is 9.59 Å². The average Bonchev–Trinajstić information content (AvgIpc) is 3.27. The molecule has 172 valence electrons. The largest absolute Gasteiger partial charge is 0.486 e. The number of thioether (sulfide) groups is 1. The zero-order valence-corrected chi connectivity index (χ0v) is 19.6. The highest BCUT2D eigenvalue weighted by Gasteiger charge is 2.43. The van der Waals surface area contributed by atoms with Crippen LogP contribution in [0.2, 0.25) is 0 Å². The Hall–Kier alpha value is -3.78. The third-order valence-corrected chi connectivity index (χ3v) is 6.84. The fraction of sp³-hybridized carbons (Fsp3) is 0.192. The highest BCUT2D eigenvalue weighted by molar-refractivity contribution is 8.16. The predicted octanol–water partition coefficient (Wildman–Crippen LogP) is 5.23. The van der Waals surface area contributed by atoms with E-state index < -0.39 is 4.75 Å². The minimum Gasteiger partial charge on any atom is -0.486 e. The molecule has 5 rings (SSSR count). The lowest BCUT2D eigenvalue weighted by Crippen LogP contribution is -2.35. The van der Waals surface area contributed by atoms with E-state index in [-0.39, 0.29) is 11.1 Å². The maximum atomic E-state index is 12.1. The molecule has 0 radical (unpaired) electrons. The number of rotatable bonds is 7. The second-order valence-electron chi connectivity index (χ2n) is 8.34. The highest BCUT2D eigenvalue weighted by atomic mass is 32.2. The molecule has 1 N–H and O–H groups in total. The Morgan fingerprint density at radius 3 is 2.41 bits per heavy atom. The van der Waals surface area contributed by atoms with E-state index in [0.29, 0.717) is 18.8 Å². The SMILES string of the molecule is Cn1c(COc2ccc(C[C@@]3(C)SC(=O)NC3=O)cc2)nc2ccc(Oc3ccccc3)cc21. The first kappa shape index (κ1) is 22.0. The Bertz CT molecular complexity index is 1370. The molecule has 8 heteroatoms. The van der Waals surface area contributed by atoms with Crippen LogP contribution in [0.3, 0.4) is 0 Å². The minimum absolute atomic E-state index is 0.248. The van der Waals surface area contributed by atoms with Gasteiger partial charge in [0.25, 0.3) is 5.24 Å². The second kappa shape index (κ2) is 8.87. The summed E-state index contributed by atoms with van der Waals surface area (Å²) in [6.45, 7) is 2.09. The summed E-state index contributed by atoms with van der Waals surface area (Å²) in [5.74, 6) is 2.77. The van der Waals surface area contributed by atoms with Gasteiger partial charge in [-0.1, -0.05) is 30.3 Å². The molecule has 0 bridgehead atoms. The third-order valence-electron chi connectivity index (χ3n) is 5.77. The number of para-hydroxylation sites is 1. The minimum atomic E-state index is -0.782. The first-order valence-electron chi connectivity index (χ1n) is 10.8. The average molecular weight is 474 g/mol. The quantitative estimate of drug-likeness (QED) is 0.396. The van der Waals surface area contributed by atoms with Crippen molar-refractivity contribution in [2.45, 2.75) is 24.7 Å². The summed E-state index contributed by atoms with van der Waals surface area (Å²) >= 11 is 1.04. The summed E-state index contributed by atoms with van der Waals surface area (Å²) in [4.78, 5) is 28.3. The van der Waals surface area contributed by atoms with Crippen molar-refractivity contribution in [2.75, 3.05) is 0 Å². The molecule has 1 aromatic heterocycles. The van der Waals surface area contributed by atoms with E-state index in [2.05, 4.69) is 10.3 Å². The predicted molar refractivity (Wildman–Crippen MR) is 131 cm³/mol. The summed E-state index contributed by atoms with van der Waals surface area (Å²) in [7, 11) is 1.95. The van der Waals surface area contributed by atoms with E-state index in [1.54, 1.807) is 6.92 Å². The summed E-state index contributed by atoms with van der Waals surface area (Å²) in [5, 5.41) is 2.05. The molecule has 2 heterocycles. The summed E-state index contributed by atoms with van der Waals surface area (Å²) in [5.41, 5.74) is 2.78. The van der Waals surface area contributed by atoms with Crippen molar-refractivity contribution in [3.8, 4) is 17.2 Å². The Kier molecular flexibility index (Phi) is 5.75. The lowest BCUT2D eigenvalue weighted by Gasteiger charge is -2.18. The molecule has 3 aromatic carbocycles. The standard InChI is InChI=1S/C26H23N3O4S/c1-26(24(30)28-25(31)34-26)15-17-8-10-18(11-9-17)32-16-23-27-21-13-12-20(14-22(21)29(23)2)33-19-6-4-3-5-7-19/h3-14H,15-16H2,1-2H3,(H,28,30,31)/t26-/m1/s1. The van der Waals surface area contributed by atoms with Crippen molar-refractivity contribution in [2.24, 2.45) is 7.05 Å². The van der Waals surface area contributed by atoms with Gasteiger partial charge in [0.2, 0.25) is 5.91 Å². The Balaban J connectivity index is 1.25.